The molecule has 2 rings (SSSR count). The van der Waals surface area contributed by atoms with Crippen LogP contribution in [-0.2, 0) is 11.3 Å². The summed E-state index contributed by atoms with van der Waals surface area (Å²) in [5.41, 5.74) is 1.10. The molecule has 66 valence electrons. The topological polar surface area (TPSA) is 60.7 Å². The fourth-order valence-electron chi connectivity index (χ4n) is 1.07. The highest BCUT2D eigenvalue weighted by Crippen LogP contribution is 2.16. The van der Waals surface area contributed by atoms with Crippen molar-refractivity contribution < 1.29 is 4.79 Å². The normalized spacial score (nSPS) is 10.5. The molecule has 0 aromatic carbocycles. The van der Waals surface area contributed by atoms with E-state index < -0.39 is 0 Å². The summed E-state index contributed by atoms with van der Waals surface area (Å²) < 4.78 is 1.61. The van der Waals surface area contributed by atoms with E-state index in [1.807, 2.05) is 0 Å². The van der Waals surface area contributed by atoms with E-state index in [-0.39, 0.29) is 6.54 Å². The van der Waals surface area contributed by atoms with E-state index in [0.29, 0.717) is 16.3 Å². The van der Waals surface area contributed by atoms with Gasteiger partial charge in [0.25, 0.3) is 0 Å². The second kappa shape index (κ2) is 3.10. The molecule has 13 heavy (non-hydrogen) atoms. The van der Waals surface area contributed by atoms with Crippen LogP contribution in [0.5, 0.6) is 0 Å². The lowest BCUT2D eigenvalue weighted by molar-refractivity contribution is -0.108. The molecule has 5 nitrogen and oxygen atoms in total. The average molecular weight is 197 g/mol. The number of carbonyl (C=O) groups excluding carboxylic acids is 1. The molecule has 0 fully saturated rings. The van der Waals surface area contributed by atoms with Gasteiger partial charge in [0.1, 0.15) is 18.1 Å². The molecule has 0 saturated heterocycles. The van der Waals surface area contributed by atoms with Crippen LogP contribution in [0.4, 0.5) is 0 Å². The van der Waals surface area contributed by atoms with Crippen molar-refractivity contribution in [3.05, 3.63) is 17.8 Å². The molecule has 0 aliphatic carbocycles. The van der Waals surface area contributed by atoms with Crippen molar-refractivity contribution in [2.45, 2.75) is 6.54 Å². The quantitative estimate of drug-likeness (QED) is 0.524. The van der Waals surface area contributed by atoms with Crippen molar-refractivity contribution in [3.63, 3.8) is 0 Å². The van der Waals surface area contributed by atoms with E-state index in [4.69, 9.17) is 11.6 Å². The predicted octanol–water partition coefficient (Wildman–Crippen LogP) is 0.679. The number of fused-ring (bicyclic) bond motifs is 1. The van der Waals surface area contributed by atoms with Gasteiger partial charge in [-0.1, -0.05) is 11.6 Å². The number of aldehydes is 1. The predicted molar refractivity (Wildman–Crippen MR) is 46.4 cm³/mol. The minimum atomic E-state index is 0.226. The van der Waals surface area contributed by atoms with Crippen LogP contribution in [0.1, 0.15) is 0 Å². The van der Waals surface area contributed by atoms with Crippen molar-refractivity contribution in [1.82, 2.24) is 19.5 Å². The Morgan fingerprint density at radius 1 is 1.46 bits per heavy atom. The van der Waals surface area contributed by atoms with Crippen molar-refractivity contribution in [1.29, 1.82) is 0 Å². The summed E-state index contributed by atoms with van der Waals surface area (Å²) in [4.78, 5) is 22.0. The van der Waals surface area contributed by atoms with Crippen LogP contribution in [0.15, 0.2) is 12.7 Å². The third kappa shape index (κ3) is 1.27. The Bertz CT molecular complexity index is 453. The molecule has 0 amide bonds. The monoisotopic (exact) mass is 196 g/mol. The number of hydrogen-bond donors (Lipinski definition) is 0. The molecule has 0 spiro atoms. The van der Waals surface area contributed by atoms with Crippen LogP contribution >= 0.6 is 11.6 Å². The molecule has 0 N–H and O–H groups in total. The van der Waals surface area contributed by atoms with Gasteiger partial charge in [0, 0.05) is 0 Å². The van der Waals surface area contributed by atoms with Crippen molar-refractivity contribution in [2.75, 3.05) is 0 Å². The van der Waals surface area contributed by atoms with Gasteiger partial charge < -0.3 is 9.36 Å². The molecule has 2 heterocycles. The number of hydrogen-bond acceptors (Lipinski definition) is 4. The van der Waals surface area contributed by atoms with Crippen LogP contribution in [-0.4, -0.2) is 25.8 Å². The number of imidazole rings is 1. The third-order valence-corrected chi connectivity index (χ3v) is 1.90. The van der Waals surface area contributed by atoms with Crippen LogP contribution in [0.3, 0.4) is 0 Å². The highest BCUT2D eigenvalue weighted by Gasteiger charge is 2.06. The number of halogens is 1. The first-order chi connectivity index (χ1) is 6.33. The molecule has 0 aliphatic heterocycles. The maximum Gasteiger partial charge on any atom is 0.165 e. The third-order valence-electron chi connectivity index (χ3n) is 1.63. The minimum absolute atomic E-state index is 0.226. The maximum atomic E-state index is 10.3. The van der Waals surface area contributed by atoms with Gasteiger partial charge in [-0.25, -0.2) is 15.0 Å². The van der Waals surface area contributed by atoms with E-state index in [1.165, 1.54) is 12.7 Å². The van der Waals surface area contributed by atoms with Crippen LogP contribution < -0.4 is 0 Å². The number of nitrogens with zero attached hydrogens (tertiary/aromatic N) is 4. The van der Waals surface area contributed by atoms with Gasteiger partial charge in [0.05, 0.1) is 12.9 Å². The summed E-state index contributed by atoms with van der Waals surface area (Å²) >= 11 is 5.76. The van der Waals surface area contributed by atoms with Crippen molar-refractivity contribution in [2.24, 2.45) is 0 Å². The van der Waals surface area contributed by atoms with Gasteiger partial charge in [-0.05, 0) is 0 Å². The number of carbonyl (C=O) groups is 1. The fourth-order valence-corrected chi connectivity index (χ4v) is 1.24. The molecule has 0 saturated carbocycles. The molecule has 0 bridgehead atoms. The van der Waals surface area contributed by atoms with Gasteiger partial charge >= 0.3 is 0 Å². The number of aromatic nitrogens is 4. The van der Waals surface area contributed by atoms with Gasteiger partial charge in [0.2, 0.25) is 0 Å². The zero-order valence-corrected chi connectivity index (χ0v) is 7.27. The largest absolute Gasteiger partial charge is 0.308 e. The summed E-state index contributed by atoms with van der Waals surface area (Å²) in [6.07, 6.45) is 3.63. The van der Waals surface area contributed by atoms with Crippen LogP contribution in [0.2, 0.25) is 5.15 Å². The van der Waals surface area contributed by atoms with Gasteiger partial charge in [-0.15, -0.1) is 0 Å². The zero-order chi connectivity index (χ0) is 9.26. The Labute approximate surface area is 78.4 Å². The van der Waals surface area contributed by atoms with Gasteiger partial charge in [-0.3, -0.25) is 0 Å². The smallest absolute Gasteiger partial charge is 0.165 e. The van der Waals surface area contributed by atoms with E-state index in [2.05, 4.69) is 15.0 Å². The Morgan fingerprint density at radius 2 is 2.31 bits per heavy atom. The molecule has 0 unspecified atom stereocenters. The lowest BCUT2D eigenvalue weighted by Gasteiger charge is -1.95. The molecule has 0 radical (unpaired) electrons. The molecule has 6 heteroatoms. The molecular weight excluding hydrogens is 192 g/mol. The van der Waals surface area contributed by atoms with Crippen LogP contribution in [0.25, 0.3) is 11.2 Å². The Kier molecular flexibility index (Phi) is 1.94. The lowest BCUT2D eigenvalue weighted by atomic mass is 10.5. The molecule has 0 atom stereocenters. The molecule has 2 aromatic heterocycles. The first-order valence-corrected chi connectivity index (χ1v) is 3.95. The van der Waals surface area contributed by atoms with Crippen LogP contribution in [0, 0.1) is 0 Å². The lowest BCUT2D eigenvalue weighted by Crippen LogP contribution is -1.98. The summed E-state index contributed by atoms with van der Waals surface area (Å²) in [7, 11) is 0. The standard InChI is InChI=1S/C7H5ClN4O/c8-6-5-7(10-3-9-6)12(1-2-13)4-11-5/h2-4H,1H2. The maximum absolute atomic E-state index is 10.3. The summed E-state index contributed by atoms with van der Waals surface area (Å²) in [5.74, 6) is 0. The molecule has 2 aromatic rings. The SMILES string of the molecule is O=CCn1cnc2c(Cl)ncnc21. The van der Waals surface area contributed by atoms with E-state index in [1.54, 1.807) is 4.57 Å². The summed E-state index contributed by atoms with van der Waals surface area (Å²) in [5, 5.41) is 0.301. The fraction of sp³-hybridized carbons (Fsp3) is 0.143. The van der Waals surface area contributed by atoms with E-state index in [0.717, 1.165) is 6.29 Å². The van der Waals surface area contributed by atoms with E-state index >= 15 is 0 Å². The van der Waals surface area contributed by atoms with Crippen molar-refractivity contribution >= 4 is 29.1 Å². The van der Waals surface area contributed by atoms with Gasteiger partial charge in [-0.2, -0.15) is 0 Å². The minimum Gasteiger partial charge on any atom is -0.308 e. The summed E-state index contributed by atoms with van der Waals surface area (Å²) in [6.45, 7) is 0.226. The molecular formula is C7H5ClN4O. The first-order valence-electron chi connectivity index (χ1n) is 3.58. The van der Waals surface area contributed by atoms with E-state index in [9.17, 15) is 4.79 Å². The Hall–Kier alpha value is -1.49. The first kappa shape index (κ1) is 8.12. The second-order valence-corrected chi connectivity index (χ2v) is 2.76. The second-order valence-electron chi connectivity index (χ2n) is 2.40. The average Bonchev–Trinajstić information content (AvgIpc) is 2.51. The summed E-state index contributed by atoms with van der Waals surface area (Å²) in [6, 6.07) is 0. The zero-order valence-electron chi connectivity index (χ0n) is 6.51. The molecule has 0 aliphatic rings. The van der Waals surface area contributed by atoms with Crippen molar-refractivity contribution in [3.8, 4) is 0 Å². The highest BCUT2D eigenvalue weighted by molar-refractivity contribution is 6.33. The Balaban J connectivity index is 2.67. The highest BCUT2D eigenvalue weighted by atomic mass is 35.5. The van der Waals surface area contributed by atoms with Gasteiger partial charge in [0.15, 0.2) is 10.8 Å². The Morgan fingerprint density at radius 3 is 3.08 bits per heavy atom. The number of rotatable bonds is 2.